The highest BCUT2D eigenvalue weighted by atomic mass is 16.5. The molecule has 19 heavy (non-hydrogen) atoms. The summed E-state index contributed by atoms with van der Waals surface area (Å²) in [7, 11) is 3.91. The van der Waals surface area contributed by atoms with Crippen LogP contribution < -0.4 is 5.32 Å². The van der Waals surface area contributed by atoms with Crippen molar-refractivity contribution in [3.05, 3.63) is 30.1 Å². The summed E-state index contributed by atoms with van der Waals surface area (Å²) < 4.78 is 5.22. The number of aliphatic hydroxyl groups is 1. The lowest BCUT2D eigenvalue weighted by molar-refractivity contribution is 0.311. The van der Waals surface area contributed by atoms with Gasteiger partial charge in [-0.2, -0.15) is 4.98 Å². The maximum absolute atomic E-state index is 8.74. The Morgan fingerprint density at radius 3 is 2.63 bits per heavy atom. The molecule has 0 amide bonds. The van der Waals surface area contributed by atoms with Crippen molar-refractivity contribution in [3.8, 4) is 11.5 Å². The maximum atomic E-state index is 8.74. The lowest BCUT2D eigenvalue weighted by Crippen LogP contribution is -2.11. The van der Waals surface area contributed by atoms with E-state index in [1.54, 1.807) is 0 Å². The molecule has 1 heterocycles. The van der Waals surface area contributed by atoms with Crippen molar-refractivity contribution in [2.45, 2.75) is 6.54 Å². The van der Waals surface area contributed by atoms with E-state index < -0.39 is 0 Å². The molecule has 2 rings (SSSR count). The Bertz CT molecular complexity index is 508. The highest BCUT2D eigenvalue weighted by molar-refractivity contribution is 5.58. The summed E-state index contributed by atoms with van der Waals surface area (Å²) in [6, 6.07) is 7.65. The van der Waals surface area contributed by atoms with Gasteiger partial charge in [0.1, 0.15) is 0 Å². The minimum atomic E-state index is 0.110. The van der Waals surface area contributed by atoms with E-state index in [1.807, 2.05) is 43.3 Å². The molecule has 0 aliphatic rings. The van der Waals surface area contributed by atoms with Crippen molar-refractivity contribution in [1.29, 1.82) is 0 Å². The van der Waals surface area contributed by atoms with Crippen LogP contribution in [-0.2, 0) is 6.54 Å². The SMILES string of the molecule is CN(C)Cc1noc(-c2ccc(NCCO)cc2)n1. The van der Waals surface area contributed by atoms with Gasteiger partial charge in [-0.3, -0.25) is 0 Å². The van der Waals surface area contributed by atoms with Crippen LogP contribution >= 0.6 is 0 Å². The molecule has 0 saturated heterocycles. The molecule has 0 bridgehead atoms. The van der Waals surface area contributed by atoms with E-state index in [0.717, 1.165) is 11.3 Å². The van der Waals surface area contributed by atoms with Crippen LogP contribution in [0.2, 0.25) is 0 Å². The Labute approximate surface area is 112 Å². The van der Waals surface area contributed by atoms with E-state index in [-0.39, 0.29) is 6.61 Å². The summed E-state index contributed by atoms with van der Waals surface area (Å²) in [4.78, 5) is 6.32. The number of anilines is 1. The van der Waals surface area contributed by atoms with Gasteiger partial charge in [-0.1, -0.05) is 5.16 Å². The smallest absolute Gasteiger partial charge is 0.257 e. The van der Waals surface area contributed by atoms with Gasteiger partial charge in [-0.15, -0.1) is 0 Å². The summed E-state index contributed by atoms with van der Waals surface area (Å²) in [5.74, 6) is 1.19. The van der Waals surface area contributed by atoms with Crippen LogP contribution in [0.25, 0.3) is 11.5 Å². The van der Waals surface area contributed by atoms with Crippen molar-refractivity contribution >= 4 is 5.69 Å². The van der Waals surface area contributed by atoms with Gasteiger partial charge in [0, 0.05) is 17.8 Å². The fourth-order valence-corrected chi connectivity index (χ4v) is 1.65. The van der Waals surface area contributed by atoms with Crippen LogP contribution in [0.15, 0.2) is 28.8 Å². The van der Waals surface area contributed by atoms with Gasteiger partial charge in [0.25, 0.3) is 5.89 Å². The third-order valence-corrected chi connectivity index (χ3v) is 2.50. The molecular weight excluding hydrogens is 244 g/mol. The predicted octanol–water partition coefficient (Wildman–Crippen LogP) is 1.20. The second-order valence-corrected chi connectivity index (χ2v) is 4.48. The summed E-state index contributed by atoms with van der Waals surface area (Å²) in [5, 5.41) is 15.7. The number of aromatic nitrogens is 2. The molecule has 0 saturated carbocycles. The van der Waals surface area contributed by atoms with E-state index in [2.05, 4.69) is 15.5 Å². The molecule has 6 heteroatoms. The van der Waals surface area contributed by atoms with Gasteiger partial charge < -0.3 is 19.8 Å². The zero-order valence-electron chi connectivity index (χ0n) is 11.1. The zero-order chi connectivity index (χ0) is 13.7. The molecule has 102 valence electrons. The molecule has 1 aromatic heterocycles. The lowest BCUT2D eigenvalue weighted by atomic mass is 10.2. The lowest BCUT2D eigenvalue weighted by Gasteiger charge is -2.04. The summed E-state index contributed by atoms with van der Waals surface area (Å²) >= 11 is 0. The first kappa shape index (κ1) is 13.5. The van der Waals surface area contributed by atoms with Crippen molar-refractivity contribution < 1.29 is 9.63 Å². The summed E-state index contributed by atoms with van der Waals surface area (Å²) in [6.45, 7) is 1.30. The Kier molecular flexibility index (Phi) is 4.48. The van der Waals surface area contributed by atoms with Crippen molar-refractivity contribution in [3.63, 3.8) is 0 Å². The van der Waals surface area contributed by atoms with Gasteiger partial charge in [-0.05, 0) is 38.4 Å². The fraction of sp³-hybridized carbons (Fsp3) is 0.385. The Morgan fingerprint density at radius 2 is 2.00 bits per heavy atom. The molecule has 0 aliphatic carbocycles. The highest BCUT2D eigenvalue weighted by Gasteiger charge is 2.09. The van der Waals surface area contributed by atoms with E-state index in [1.165, 1.54) is 0 Å². The minimum Gasteiger partial charge on any atom is -0.395 e. The maximum Gasteiger partial charge on any atom is 0.257 e. The van der Waals surface area contributed by atoms with E-state index in [0.29, 0.717) is 24.8 Å². The molecule has 0 spiro atoms. The molecular formula is C13H18N4O2. The topological polar surface area (TPSA) is 74.4 Å². The number of rotatable bonds is 6. The largest absolute Gasteiger partial charge is 0.395 e. The Morgan fingerprint density at radius 1 is 1.26 bits per heavy atom. The normalized spacial score (nSPS) is 10.9. The van der Waals surface area contributed by atoms with Crippen molar-refractivity contribution in [1.82, 2.24) is 15.0 Å². The molecule has 0 aliphatic heterocycles. The van der Waals surface area contributed by atoms with Crippen LogP contribution in [0, 0.1) is 0 Å². The summed E-state index contributed by atoms with van der Waals surface area (Å²) in [5.41, 5.74) is 1.83. The van der Waals surface area contributed by atoms with Gasteiger partial charge in [0.15, 0.2) is 5.82 Å². The first-order chi connectivity index (χ1) is 9.19. The first-order valence-corrected chi connectivity index (χ1v) is 6.11. The average Bonchev–Trinajstić information content (AvgIpc) is 2.84. The Balaban J connectivity index is 2.07. The van der Waals surface area contributed by atoms with Crippen LogP contribution in [0.4, 0.5) is 5.69 Å². The minimum absolute atomic E-state index is 0.110. The second-order valence-electron chi connectivity index (χ2n) is 4.48. The number of benzene rings is 1. The number of nitrogens with one attached hydrogen (secondary N) is 1. The third-order valence-electron chi connectivity index (χ3n) is 2.50. The second kappa shape index (κ2) is 6.31. The number of aliphatic hydroxyl groups excluding tert-OH is 1. The van der Waals surface area contributed by atoms with Crippen LogP contribution in [0.1, 0.15) is 5.82 Å². The summed E-state index contributed by atoms with van der Waals surface area (Å²) in [6.07, 6.45) is 0. The Hall–Kier alpha value is -1.92. The molecule has 6 nitrogen and oxygen atoms in total. The molecule has 2 N–H and O–H groups in total. The van der Waals surface area contributed by atoms with E-state index >= 15 is 0 Å². The van der Waals surface area contributed by atoms with Gasteiger partial charge in [0.2, 0.25) is 0 Å². The average molecular weight is 262 g/mol. The molecule has 1 aromatic carbocycles. The van der Waals surface area contributed by atoms with Crippen molar-refractivity contribution in [2.75, 3.05) is 32.6 Å². The zero-order valence-corrected chi connectivity index (χ0v) is 11.1. The molecule has 0 atom stereocenters. The molecule has 0 unspecified atom stereocenters. The van der Waals surface area contributed by atoms with Gasteiger partial charge in [0.05, 0.1) is 13.2 Å². The standard InChI is InChI=1S/C13H18N4O2/c1-17(2)9-12-15-13(19-16-12)10-3-5-11(6-4-10)14-7-8-18/h3-6,14,18H,7-9H2,1-2H3. The number of hydrogen-bond acceptors (Lipinski definition) is 6. The molecule has 0 fully saturated rings. The monoisotopic (exact) mass is 262 g/mol. The van der Waals surface area contributed by atoms with Crippen LogP contribution in [0.3, 0.4) is 0 Å². The van der Waals surface area contributed by atoms with Crippen LogP contribution in [-0.4, -0.2) is 47.4 Å². The van der Waals surface area contributed by atoms with Crippen molar-refractivity contribution in [2.24, 2.45) is 0 Å². The molecule has 2 aromatic rings. The van der Waals surface area contributed by atoms with Gasteiger partial charge >= 0.3 is 0 Å². The first-order valence-electron chi connectivity index (χ1n) is 6.11. The highest BCUT2D eigenvalue weighted by Crippen LogP contribution is 2.19. The fourth-order valence-electron chi connectivity index (χ4n) is 1.65. The quantitative estimate of drug-likeness (QED) is 0.815. The van der Waals surface area contributed by atoms with E-state index in [4.69, 9.17) is 9.63 Å². The van der Waals surface area contributed by atoms with Gasteiger partial charge in [-0.25, -0.2) is 0 Å². The third kappa shape index (κ3) is 3.77. The van der Waals surface area contributed by atoms with E-state index in [9.17, 15) is 0 Å². The molecule has 0 radical (unpaired) electrons. The predicted molar refractivity (Wildman–Crippen MR) is 72.7 cm³/mol. The number of hydrogen-bond donors (Lipinski definition) is 2. The number of nitrogens with zero attached hydrogens (tertiary/aromatic N) is 3. The van der Waals surface area contributed by atoms with Crippen LogP contribution in [0.5, 0.6) is 0 Å².